The Morgan fingerprint density at radius 3 is 2.67 bits per heavy atom. The van der Waals surface area contributed by atoms with Crippen molar-refractivity contribution < 1.29 is 4.74 Å². The Labute approximate surface area is 179 Å². The second-order valence-electron chi connectivity index (χ2n) is 7.65. The molecule has 5 heteroatoms. The summed E-state index contributed by atoms with van der Waals surface area (Å²) in [7, 11) is 0. The van der Waals surface area contributed by atoms with E-state index in [9.17, 15) is 5.26 Å². The lowest BCUT2D eigenvalue weighted by molar-refractivity contribution is 0.395. The van der Waals surface area contributed by atoms with E-state index < -0.39 is 5.92 Å². The van der Waals surface area contributed by atoms with Crippen molar-refractivity contribution in [3.8, 4) is 11.8 Å². The van der Waals surface area contributed by atoms with Crippen LogP contribution in [-0.4, -0.2) is 4.98 Å². The number of allylic oxidation sites excluding steroid dienone is 1. The molecule has 0 saturated carbocycles. The smallest absolute Gasteiger partial charge is 0.205 e. The van der Waals surface area contributed by atoms with Gasteiger partial charge in [0.1, 0.15) is 22.5 Å². The van der Waals surface area contributed by atoms with E-state index in [1.54, 1.807) is 0 Å². The van der Waals surface area contributed by atoms with Crippen molar-refractivity contribution in [2.45, 2.75) is 19.8 Å². The van der Waals surface area contributed by atoms with Gasteiger partial charge in [0, 0.05) is 16.5 Å². The molecule has 0 radical (unpaired) electrons. The van der Waals surface area contributed by atoms with Crippen molar-refractivity contribution in [2.75, 3.05) is 0 Å². The van der Waals surface area contributed by atoms with Crippen molar-refractivity contribution in [1.29, 1.82) is 5.26 Å². The van der Waals surface area contributed by atoms with Crippen molar-refractivity contribution in [3.05, 3.63) is 93.5 Å². The first-order chi connectivity index (χ1) is 14.5. The number of halogens is 1. The number of benzene rings is 3. The summed E-state index contributed by atoms with van der Waals surface area (Å²) in [6.45, 7) is 4.07. The molecule has 1 aromatic heterocycles. The van der Waals surface area contributed by atoms with Gasteiger partial charge in [-0.05, 0) is 48.4 Å². The molecule has 0 spiro atoms. The Morgan fingerprint density at radius 2 is 1.87 bits per heavy atom. The SMILES string of the molecule is Cc1cc(C)c2nc(Cl)c(C3C(C#N)=C(N)Oc4ccc5ccccc5c43)cc2c1. The maximum absolute atomic E-state index is 9.95. The molecule has 2 heterocycles. The highest BCUT2D eigenvalue weighted by atomic mass is 35.5. The van der Waals surface area contributed by atoms with Crippen LogP contribution in [0, 0.1) is 25.2 Å². The van der Waals surface area contributed by atoms with Crippen LogP contribution >= 0.6 is 11.6 Å². The van der Waals surface area contributed by atoms with Gasteiger partial charge < -0.3 is 10.5 Å². The second-order valence-corrected chi connectivity index (χ2v) is 8.00. The van der Waals surface area contributed by atoms with Crippen LogP contribution in [0.1, 0.15) is 28.2 Å². The third-order valence-corrected chi connectivity index (χ3v) is 5.96. The molecule has 0 amide bonds. The maximum atomic E-state index is 9.95. The average Bonchev–Trinajstić information content (AvgIpc) is 2.73. The van der Waals surface area contributed by atoms with Gasteiger partial charge in [-0.3, -0.25) is 0 Å². The topological polar surface area (TPSA) is 71.9 Å². The summed E-state index contributed by atoms with van der Waals surface area (Å²) in [5.74, 6) is 0.267. The van der Waals surface area contributed by atoms with Crippen molar-refractivity contribution >= 4 is 33.3 Å². The molecule has 0 fully saturated rings. The van der Waals surface area contributed by atoms with Crippen LogP contribution in [0.3, 0.4) is 0 Å². The summed E-state index contributed by atoms with van der Waals surface area (Å²) in [5.41, 5.74) is 11.2. The highest BCUT2D eigenvalue weighted by molar-refractivity contribution is 6.30. The fourth-order valence-electron chi connectivity index (χ4n) is 4.40. The lowest BCUT2D eigenvalue weighted by atomic mass is 9.81. The Balaban J connectivity index is 1.87. The summed E-state index contributed by atoms with van der Waals surface area (Å²) in [5, 5.41) is 13.3. The Bertz CT molecular complexity index is 1430. The normalized spacial score (nSPS) is 15.7. The highest BCUT2D eigenvalue weighted by Crippen LogP contribution is 2.47. The molecule has 1 atom stereocenters. The number of hydrogen-bond acceptors (Lipinski definition) is 4. The summed E-state index contributed by atoms with van der Waals surface area (Å²) in [6, 6.07) is 20.3. The van der Waals surface area contributed by atoms with E-state index in [1.807, 2.05) is 49.4 Å². The van der Waals surface area contributed by atoms with Gasteiger partial charge in [0.2, 0.25) is 5.88 Å². The highest BCUT2D eigenvalue weighted by Gasteiger charge is 2.34. The van der Waals surface area contributed by atoms with E-state index in [-0.39, 0.29) is 5.88 Å². The first-order valence-electron chi connectivity index (χ1n) is 9.64. The van der Waals surface area contributed by atoms with Crippen LogP contribution in [0.5, 0.6) is 5.75 Å². The molecule has 5 rings (SSSR count). The van der Waals surface area contributed by atoms with Gasteiger partial charge in [-0.2, -0.15) is 5.26 Å². The fraction of sp³-hybridized carbons (Fsp3) is 0.120. The number of aryl methyl sites for hydroxylation is 2. The molecule has 4 nitrogen and oxygen atoms in total. The summed E-state index contributed by atoms with van der Waals surface area (Å²) in [6.07, 6.45) is 0. The van der Waals surface area contributed by atoms with Crippen LogP contribution in [0.15, 0.2) is 66.1 Å². The molecule has 0 saturated heterocycles. The standard InChI is InChI=1S/C25H18ClN3O/c1-13-9-14(2)23-16(10-13)11-18(24(26)29-23)21-19(12-27)25(28)30-20-8-7-15-5-3-4-6-17(15)22(20)21/h3-11,21H,28H2,1-2H3. The molecule has 1 aliphatic heterocycles. The molecule has 146 valence electrons. The predicted molar refractivity (Wildman–Crippen MR) is 119 cm³/mol. The van der Waals surface area contributed by atoms with Gasteiger partial charge in [-0.15, -0.1) is 0 Å². The van der Waals surface area contributed by atoms with Gasteiger partial charge in [0.25, 0.3) is 0 Å². The zero-order valence-electron chi connectivity index (χ0n) is 16.5. The van der Waals surface area contributed by atoms with Crippen LogP contribution < -0.4 is 10.5 Å². The summed E-state index contributed by atoms with van der Waals surface area (Å²) >= 11 is 6.71. The molecule has 1 aliphatic rings. The van der Waals surface area contributed by atoms with Crippen LogP contribution in [0.2, 0.25) is 5.15 Å². The monoisotopic (exact) mass is 411 g/mol. The minimum atomic E-state index is -0.463. The molecule has 0 bridgehead atoms. The van der Waals surface area contributed by atoms with E-state index in [2.05, 4.69) is 25.1 Å². The molecule has 2 N–H and O–H groups in total. The number of nitrogens with zero attached hydrogens (tertiary/aromatic N) is 2. The zero-order valence-corrected chi connectivity index (χ0v) is 17.3. The van der Waals surface area contributed by atoms with E-state index in [0.717, 1.165) is 43.9 Å². The first kappa shape index (κ1) is 18.5. The third-order valence-electron chi connectivity index (χ3n) is 5.66. The Morgan fingerprint density at radius 1 is 1.07 bits per heavy atom. The minimum Gasteiger partial charge on any atom is -0.440 e. The number of nitriles is 1. The average molecular weight is 412 g/mol. The summed E-state index contributed by atoms with van der Waals surface area (Å²) < 4.78 is 5.83. The lowest BCUT2D eigenvalue weighted by Crippen LogP contribution is -2.21. The lowest BCUT2D eigenvalue weighted by Gasteiger charge is -2.28. The Hall–Kier alpha value is -3.55. The molecule has 1 unspecified atom stereocenters. The number of nitrogens with two attached hydrogens (primary N) is 1. The van der Waals surface area contributed by atoms with Gasteiger partial charge >= 0.3 is 0 Å². The molecule has 3 aromatic carbocycles. The van der Waals surface area contributed by atoms with Crippen molar-refractivity contribution in [2.24, 2.45) is 5.73 Å². The maximum Gasteiger partial charge on any atom is 0.205 e. The number of fused-ring (bicyclic) bond motifs is 4. The molecular formula is C25H18ClN3O. The second kappa shape index (κ2) is 6.76. The number of aromatic nitrogens is 1. The number of pyridine rings is 1. The molecular weight excluding hydrogens is 394 g/mol. The van der Waals surface area contributed by atoms with Crippen LogP contribution in [-0.2, 0) is 0 Å². The zero-order chi connectivity index (χ0) is 21.0. The van der Waals surface area contributed by atoms with Gasteiger partial charge in [0.15, 0.2) is 0 Å². The predicted octanol–water partition coefficient (Wildman–Crippen LogP) is 5.88. The van der Waals surface area contributed by atoms with Gasteiger partial charge in [0.05, 0.1) is 11.4 Å². The van der Waals surface area contributed by atoms with Crippen molar-refractivity contribution in [3.63, 3.8) is 0 Å². The van der Waals surface area contributed by atoms with Crippen LogP contribution in [0.25, 0.3) is 21.7 Å². The van der Waals surface area contributed by atoms with Gasteiger partial charge in [-0.25, -0.2) is 4.98 Å². The number of rotatable bonds is 1. The minimum absolute atomic E-state index is 0.0990. The third kappa shape index (κ3) is 2.71. The Kier molecular flexibility index (Phi) is 4.16. The fourth-order valence-corrected chi connectivity index (χ4v) is 4.65. The van der Waals surface area contributed by atoms with Gasteiger partial charge in [-0.1, -0.05) is 53.6 Å². The first-order valence-corrected chi connectivity index (χ1v) is 10.0. The largest absolute Gasteiger partial charge is 0.440 e. The number of hydrogen-bond donors (Lipinski definition) is 1. The van der Waals surface area contributed by atoms with Crippen LogP contribution in [0.4, 0.5) is 0 Å². The van der Waals surface area contributed by atoms with Crippen molar-refractivity contribution in [1.82, 2.24) is 4.98 Å². The van der Waals surface area contributed by atoms with E-state index in [4.69, 9.17) is 27.1 Å². The molecule has 30 heavy (non-hydrogen) atoms. The van der Waals surface area contributed by atoms with E-state index in [0.29, 0.717) is 16.5 Å². The molecule has 0 aliphatic carbocycles. The molecule has 4 aromatic rings. The quantitative estimate of drug-likeness (QED) is 0.397. The van der Waals surface area contributed by atoms with E-state index in [1.165, 1.54) is 0 Å². The summed E-state index contributed by atoms with van der Waals surface area (Å²) in [4.78, 5) is 4.69. The number of ether oxygens (including phenoxy) is 1. The van der Waals surface area contributed by atoms with E-state index >= 15 is 0 Å².